The molecule has 76 valence electrons. The SMILES string of the molecule is O=[N+]([O-])c1cc(Br)sc1NCC1CC1. The van der Waals surface area contributed by atoms with Gasteiger partial charge < -0.3 is 5.32 Å². The van der Waals surface area contributed by atoms with Crippen LogP contribution >= 0.6 is 27.3 Å². The maximum absolute atomic E-state index is 10.6. The first-order valence-corrected chi connectivity index (χ1v) is 5.95. The van der Waals surface area contributed by atoms with E-state index < -0.39 is 0 Å². The van der Waals surface area contributed by atoms with Gasteiger partial charge in [0, 0.05) is 12.6 Å². The average molecular weight is 277 g/mol. The summed E-state index contributed by atoms with van der Waals surface area (Å²) in [6.45, 7) is 0.855. The lowest BCUT2D eigenvalue weighted by atomic mass is 10.4. The van der Waals surface area contributed by atoms with E-state index in [0.29, 0.717) is 5.00 Å². The molecular formula is C8H9BrN2O2S. The lowest BCUT2D eigenvalue weighted by Crippen LogP contribution is -2.03. The van der Waals surface area contributed by atoms with Crippen LogP contribution in [0.5, 0.6) is 0 Å². The molecule has 2 rings (SSSR count). The van der Waals surface area contributed by atoms with Crippen LogP contribution < -0.4 is 5.32 Å². The zero-order chi connectivity index (χ0) is 10.1. The molecule has 0 atom stereocenters. The minimum Gasteiger partial charge on any atom is -0.371 e. The van der Waals surface area contributed by atoms with Crippen molar-refractivity contribution in [3.8, 4) is 0 Å². The Kier molecular flexibility index (Phi) is 2.73. The Balaban J connectivity index is 2.09. The van der Waals surface area contributed by atoms with Gasteiger partial charge in [0.25, 0.3) is 0 Å². The average Bonchev–Trinajstić information content (AvgIpc) is 2.86. The van der Waals surface area contributed by atoms with Crippen LogP contribution in [0.4, 0.5) is 10.7 Å². The van der Waals surface area contributed by atoms with Crippen LogP contribution in [-0.2, 0) is 0 Å². The van der Waals surface area contributed by atoms with Gasteiger partial charge in [0.2, 0.25) is 0 Å². The number of hydrogen-bond acceptors (Lipinski definition) is 4. The molecule has 0 unspecified atom stereocenters. The quantitative estimate of drug-likeness (QED) is 0.679. The Morgan fingerprint density at radius 2 is 2.43 bits per heavy atom. The first-order chi connectivity index (χ1) is 6.66. The molecule has 6 heteroatoms. The fourth-order valence-electron chi connectivity index (χ4n) is 1.17. The van der Waals surface area contributed by atoms with Crippen molar-refractivity contribution in [2.75, 3.05) is 11.9 Å². The van der Waals surface area contributed by atoms with E-state index in [1.165, 1.54) is 24.2 Å². The second-order valence-corrected chi connectivity index (χ2v) is 5.78. The van der Waals surface area contributed by atoms with Crippen molar-refractivity contribution in [2.45, 2.75) is 12.8 Å². The van der Waals surface area contributed by atoms with E-state index in [0.717, 1.165) is 16.2 Å². The molecule has 0 amide bonds. The van der Waals surface area contributed by atoms with E-state index in [9.17, 15) is 10.1 Å². The van der Waals surface area contributed by atoms with Gasteiger partial charge in [-0.2, -0.15) is 0 Å². The van der Waals surface area contributed by atoms with E-state index in [1.54, 1.807) is 6.07 Å². The lowest BCUT2D eigenvalue weighted by Gasteiger charge is -2.00. The van der Waals surface area contributed by atoms with Crippen molar-refractivity contribution in [1.82, 2.24) is 0 Å². The third-order valence-electron chi connectivity index (χ3n) is 2.13. The number of rotatable bonds is 4. The maximum atomic E-state index is 10.6. The van der Waals surface area contributed by atoms with Gasteiger partial charge >= 0.3 is 5.69 Å². The molecule has 1 fully saturated rings. The molecule has 1 aliphatic carbocycles. The molecule has 1 N–H and O–H groups in total. The Labute approximate surface area is 93.6 Å². The molecule has 0 bridgehead atoms. The molecule has 14 heavy (non-hydrogen) atoms. The number of halogens is 1. The van der Waals surface area contributed by atoms with Crippen molar-refractivity contribution in [3.05, 3.63) is 20.0 Å². The fourth-order valence-corrected chi connectivity index (χ4v) is 2.64. The molecule has 1 saturated carbocycles. The second-order valence-electron chi connectivity index (χ2n) is 3.35. The van der Waals surface area contributed by atoms with Gasteiger partial charge in [-0.3, -0.25) is 10.1 Å². The van der Waals surface area contributed by atoms with E-state index in [4.69, 9.17) is 0 Å². The van der Waals surface area contributed by atoms with Crippen molar-refractivity contribution >= 4 is 38.0 Å². The largest absolute Gasteiger partial charge is 0.371 e. The topological polar surface area (TPSA) is 55.2 Å². The van der Waals surface area contributed by atoms with Crippen LogP contribution in [0.2, 0.25) is 0 Å². The zero-order valence-corrected chi connectivity index (χ0v) is 9.73. The first-order valence-electron chi connectivity index (χ1n) is 4.34. The van der Waals surface area contributed by atoms with Crippen LogP contribution in [0.25, 0.3) is 0 Å². The third kappa shape index (κ3) is 2.24. The second kappa shape index (κ2) is 3.86. The maximum Gasteiger partial charge on any atom is 0.304 e. The summed E-state index contributed by atoms with van der Waals surface area (Å²) in [5, 5.41) is 14.4. The summed E-state index contributed by atoms with van der Waals surface area (Å²) in [6.07, 6.45) is 2.49. The summed E-state index contributed by atoms with van der Waals surface area (Å²) >= 11 is 4.62. The molecule has 0 radical (unpaired) electrons. The number of nitro groups is 1. The Bertz CT molecular complexity index is 362. The summed E-state index contributed by atoms with van der Waals surface area (Å²) in [5.74, 6) is 0.718. The molecule has 0 aromatic carbocycles. The van der Waals surface area contributed by atoms with Crippen molar-refractivity contribution in [1.29, 1.82) is 0 Å². The lowest BCUT2D eigenvalue weighted by molar-refractivity contribution is -0.383. The summed E-state index contributed by atoms with van der Waals surface area (Å²) in [4.78, 5) is 10.3. The number of anilines is 1. The number of nitrogens with one attached hydrogen (secondary N) is 1. The fraction of sp³-hybridized carbons (Fsp3) is 0.500. The van der Waals surface area contributed by atoms with Crippen LogP contribution in [-0.4, -0.2) is 11.5 Å². The minimum atomic E-state index is -0.351. The van der Waals surface area contributed by atoms with E-state index in [-0.39, 0.29) is 10.6 Å². The summed E-state index contributed by atoms with van der Waals surface area (Å²) in [7, 11) is 0. The van der Waals surface area contributed by atoms with Crippen LogP contribution in [0.3, 0.4) is 0 Å². The Hall–Kier alpha value is -0.620. The predicted molar refractivity (Wildman–Crippen MR) is 59.9 cm³/mol. The Morgan fingerprint density at radius 3 is 3.00 bits per heavy atom. The minimum absolute atomic E-state index is 0.169. The molecule has 1 aliphatic rings. The van der Waals surface area contributed by atoms with E-state index in [1.807, 2.05) is 0 Å². The summed E-state index contributed by atoms with van der Waals surface area (Å²) < 4.78 is 0.794. The smallest absolute Gasteiger partial charge is 0.304 e. The highest BCUT2D eigenvalue weighted by atomic mass is 79.9. The van der Waals surface area contributed by atoms with Gasteiger partial charge in [-0.25, -0.2) is 0 Å². The van der Waals surface area contributed by atoms with Gasteiger partial charge in [-0.15, -0.1) is 11.3 Å². The Morgan fingerprint density at radius 1 is 1.71 bits per heavy atom. The molecule has 4 nitrogen and oxygen atoms in total. The molecule has 0 spiro atoms. The van der Waals surface area contributed by atoms with Crippen LogP contribution in [0.15, 0.2) is 9.85 Å². The van der Waals surface area contributed by atoms with Gasteiger partial charge in [-0.05, 0) is 34.7 Å². The monoisotopic (exact) mass is 276 g/mol. The zero-order valence-electron chi connectivity index (χ0n) is 7.33. The third-order valence-corrected chi connectivity index (χ3v) is 3.71. The van der Waals surface area contributed by atoms with E-state index in [2.05, 4.69) is 21.2 Å². The van der Waals surface area contributed by atoms with Gasteiger partial charge in [0.15, 0.2) is 5.00 Å². The first kappa shape index (κ1) is 9.92. The standard InChI is InChI=1S/C8H9BrN2O2S/c9-7-3-6(11(12)13)8(14-7)10-4-5-1-2-5/h3,5,10H,1-2,4H2. The molecular weight excluding hydrogens is 268 g/mol. The number of thiophene rings is 1. The highest BCUT2D eigenvalue weighted by molar-refractivity contribution is 9.11. The molecule has 1 aromatic heterocycles. The molecule has 0 aliphatic heterocycles. The molecule has 1 aromatic rings. The predicted octanol–water partition coefficient (Wildman–Crippen LogP) is 3.24. The number of nitrogens with zero attached hydrogens (tertiary/aromatic N) is 1. The highest BCUT2D eigenvalue weighted by Gasteiger charge is 2.23. The molecule has 1 heterocycles. The summed E-state index contributed by atoms with van der Waals surface area (Å²) in [6, 6.07) is 1.54. The normalized spacial score (nSPS) is 15.5. The van der Waals surface area contributed by atoms with Crippen LogP contribution in [0.1, 0.15) is 12.8 Å². The number of hydrogen-bond donors (Lipinski definition) is 1. The van der Waals surface area contributed by atoms with Gasteiger partial charge in [0.1, 0.15) is 0 Å². The molecule has 0 saturated heterocycles. The van der Waals surface area contributed by atoms with Crippen molar-refractivity contribution in [3.63, 3.8) is 0 Å². The van der Waals surface area contributed by atoms with E-state index >= 15 is 0 Å². The van der Waals surface area contributed by atoms with Crippen molar-refractivity contribution in [2.24, 2.45) is 5.92 Å². The summed E-state index contributed by atoms with van der Waals surface area (Å²) in [5.41, 5.74) is 0.169. The van der Waals surface area contributed by atoms with Crippen LogP contribution in [0, 0.1) is 16.0 Å². The van der Waals surface area contributed by atoms with Crippen molar-refractivity contribution < 1.29 is 4.92 Å². The van der Waals surface area contributed by atoms with Gasteiger partial charge in [0.05, 0.1) is 8.71 Å². The highest BCUT2D eigenvalue weighted by Crippen LogP contribution is 2.38. The van der Waals surface area contributed by atoms with Gasteiger partial charge in [-0.1, -0.05) is 0 Å².